The molecule has 0 aliphatic carbocycles. The van der Waals surface area contributed by atoms with Crippen molar-refractivity contribution < 1.29 is 10.0 Å². The Bertz CT molecular complexity index is 697. The maximum atomic E-state index is 12.2. The maximum Gasteiger partial charge on any atom is 0.265 e. The average Bonchev–Trinajstić information content (AvgIpc) is 2.97. The first-order valence-corrected chi connectivity index (χ1v) is 7.42. The number of amides is 1. The van der Waals surface area contributed by atoms with Crippen LogP contribution in [0.15, 0.2) is 35.5 Å². The number of anilines is 1. The quantitative estimate of drug-likeness (QED) is 0.349. The van der Waals surface area contributed by atoms with Gasteiger partial charge in [-0.25, -0.2) is 0 Å². The molecule has 1 heterocycles. The van der Waals surface area contributed by atoms with E-state index < -0.39 is 0 Å². The summed E-state index contributed by atoms with van der Waals surface area (Å²) in [6.45, 7) is 2.03. The van der Waals surface area contributed by atoms with Gasteiger partial charge in [0, 0.05) is 10.4 Å². The van der Waals surface area contributed by atoms with Crippen molar-refractivity contribution in [2.75, 3.05) is 5.32 Å². The van der Waals surface area contributed by atoms with Crippen molar-refractivity contribution in [3.63, 3.8) is 0 Å². The van der Waals surface area contributed by atoms with Crippen LogP contribution in [0.2, 0.25) is 5.02 Å². The van der Waals surface area contributed by atoms with Crippen LogP contribution < -0.4 is 11.1 Å². The molecule has 110 valence electrons. The molecule has 0 aliphatic rings. The highest BCUT2D eigenvalue weighted by Gasteiger charge is 2.12. The molecule has 2 rings (SSSR count). The fourth-order valence-corrected chi connectivity index (χ4v) is 2.72. The number of hydrogen-bond donors (Lipinski definition) is 3. The molecule has 21 heavy (non-hydrogen) atoms. The Kier molecular flexibility index (Phi) is 4.82. The van der Waals surface area contributed by atoms with Crippen LogP contribution in [0, 0.1) is 0 Å². The summed E-state index contributed by atoms with van der Waals surface area (Å²) in [5, 5.41) is 14.7. The lowest BCUT2D eigenvalue weighted by atomic mass is 10.2. The number of carbonyl (C=O) groups excluding carboxylic acids is 1. The Labute approximate surface area is 131 Å². The minimum atomic E-state index is -0.238. The van der Waals surface area contributed by atoms with Gasteiger partial charge in [-0.05, 0) is 36.8 Å². The number of nitrogens with zero attached hydrogens (tertiary/aromatic N) is 1. The standard InChI is InChI=1S/C14H14ClN3O2S/c1-2-9-4-6-12(21-9)14(19)17-11-7-8(13(16)18-20)3-5-10(11)15/h3-7,20H,2H2,1H3,(H2,16,18)(H,17,19). The summed E-state index contributed by atoms with van der Waals surface area (Å²) >= 11 is 7.49. The van der Waals surface area contributed by atoms with Crippen molar-refractivity contribution in [3.8, 4) is 0 Å². The molecule has 7 heteroatoms. The van der Waals surface area contributed by atoms with Crippen LogP contribution in [-0.2, 0) is 6.42 Å². The maximum absolute atomic E-state index is 12.2. The van der Waals surface area contributed by atoms with Crippen LogP contribution in [0.1, 0.15) is 27.0 Å². The fraction of sp³-hybridized carbons (Fsp3) is 0.143. The summed E-state index contributed by atoms with van der Waals surface area (Å²) in [7, 11) is 0. The van der Waals surface area contributed by atoms with Gasteiger partial charge in [0.2, 0.25) is 0 Å². The minimum absolute atomic E-state index is 0.0495. The molecule has 0 atom stereocenters. The third-order valence-corrected chi connectivity index (χ3v) is 4.41. The number of nitrogens with two attached hydrogens (primary N) is 1. The zero-order chi connectivity index (χ0) is 15.4. The fourth-order valence-electron chi connectivity index (χ4n) is 1.71. The molecule has 2 aromatic rings. The van der Waals surface area contributed by atoms with Gasteiger partial charge in [0.05, 0.1) is 15.6 Å². The van der Waals surface area contributed by atoms with Crippen LogP contribution in [-0.4, -0.2) is 17.0 Å². The highest BCUT2D eigenvalue weighted by molar-refractivity contribution is 7.14. The zero-order valence-corrected chi connectivity index (χ0v) is 12.8. The molecule has 0 aliphatic heterocycles. The van der Waals surface area contributed by atoms with E-state index in [-0.39, 0.29) is 11.7 Å². The number of amidine groups is 1. The van der Waals surface area contributed by atoms with Crippen LogP contribution >= 0.6 is 22.9 Å². The number of thiophene rings is 1. The summed E-state index contributed by atoms with van der Waals surface area (Å²) in [5.74, 6) is -0.287. The number of halogens is 1. The Balaban J connectivity index is 2.24. The summed E-state index contributed by atoms with van der Waals surface area (Å²) in [6.07, 6.45) is 0.887. The lowest BCUT2D eigenvalue weighted by molar-refractivity contribution is 0.103. The van der Waals surface area contributed by atoms with E-state index in [0.717, 1.165) is 11.3 Å². The van der Waals surface area contributed by atoms with Gasteiger partial charge in [0.25, 0.3) is 5.91 Å². The topological polar surface area (TPSA) is 87.7 Å². The number of benzene rings is 1. The highest BCUT2D eigenvalue weighted by atomic mass is 35.5. The lowest BCUT2D eigenvalue weighted by Crippen LogP contribution is -2.15. The third kappa shape index (κ3) is 3.53. The number of carbonyl (C=O) groups is 1. The van der Waals surface area contributed by atoms with Crippen LogP contribution in [0.3, 0.4) is 0 Å². The molecule has 1 aromatic carbocycles. The molecular weight excluding hydrogens is 310 g/mol. The summed E-state index contributed by atoms with van der Waals surface area (Å²) in [4.78, 5) is 13.9. The first-order valence-electron chi connectivity index (χ1n) is 6.22. The van der Waals surface area contributed by atoms with E-state index >= 15 is 0 Å². The van der Waals surface area contributed by atoms with Gasteiger partial charge in [-0.15, -0.1) is 11.3 Å². The van der Waals surface area contributed by atoms with E-state index in [9.17, 15) is 4.79 Å². The molecule has 0 saturated carbocycles. The Morgan fingerprint density at radius 2 is 2.19 bits per heavy atom. The van der Waals surface area contributed by atoms with E-state index in [1.54, 1.807) is 24.3 Å². The second-order valence-corrected chi connectivity index (χ2v) is 5.83. The smallest absolute Gasteiger partial charge is 0.265 e. The molecule has 0 bridgehead atoms. The van der Waals surface area contributed by atoms with Crippen molar-refractivity contribution in [2.45, 2.75) is 13.3 Å². The van der Waals surface area contributed by atoms with E-state index in [1.165, 1.54) is 11.3 Å². The predicted molar refractivity (Wildman–Crippen MR) is 85.6 cm³/mol. The molecule has 0 spiro atoms. The largest absolute Gasteiger partial charge is 0.409 e. The average molecular weight is 324 g/mol. The molecule has 1 aromatic heterocycles. The zero-order valence-electron chi connectivity index (χ0n) is 11.3. The molecule has 0 radical (unpaired) electrons. The third-order valence-electron chi connectivity index (χ3n) is 2.85. The van der Waals surface area contributed by atoms with E-state index in [2.05, 4.69) is 10.5 Å². The lowest BCUT2D eigenvalue weighted by Gasteiger charge is -2.08. The van der Waals surface area contributed by atoms with Crippen LogP contribution in [0.5, 0.6) is 0 Å². The SMILES string of the molecule is CCc1ccc(C(=O)Nc2cc(/C(N)=N/O)ccc2Cl)s1. The Morgan fingerprint density at radius 3 is 2.81 bits per heavy atom. The van der Waals surface area contributed by atoms with Crippen molar-refractivity contribution in [2.24, 2.45) is 10.9 Å². The molecular formula is C14H14ClN3O2S. The molecule has 0 saturated heterocycles. The number of nitrogens with one attached hydrogen (secondary N) is 1. The van der Waals surface area contributed by atoms with Gasteiger partial charge >= 0.3 is 0 Å². The summed E-state index contributed by atoms with van der Waals surface area (Å²) < 4.78 is 0. The predicted octanol–water partition coefficient (Wildman–Crippen LogP) is 3.31. The monoisotopic (exact) mass is 323 g/mol. The van der Waals surface area contributed by atoms with Gasteiger partial charge < -0.3 is 16.3 Å². The van der Waals surface area contributed by atoms with Gasteiger partial charge in [-0.2, -0.15) is 0 Å². The Hall–Kier alpha value is -2.05. The van der Waals surface area contributed by atoms with Crippen molar-refractivity contribution in [1.29, 1.82) is 0 Å². The number of rotatable bonds is 4. The van der Waals surface area contributed by atoms with Gasteiger partial charge in [-0.3, -0.25) is 4.79 Å². The van der Waals surface area contributed by atoms with Crippen molar-refractivity contribution in [3.05, 3.63) is 50.7 Å². The van der Waals surface area contributed by atoms with Crippen LogP contribution in [0.25, 0.3) is 0 Å². The number of aryl methyl sites for hydroxylation is 1. The minimum Gasteiger partial charge on any atom is -0.409 e. The molecule has 5 nitrogen and oxygen atoms in total. The first-order chi connectivity index (χ1) is 10.0. The molecule has 0 fully saturated rings. The highest BCUT2D eigenvalue weighted by Crippen LogP contribution is 2.25. The second kappa shape index (κ2) is 6.60. The molecule has 4 N–H and O–H groups in total. The van der Waals surface area contributed by atoms with Crippen molar-refractivity contribution >= 4 is 40.4 Å². The van der Waals surface area contributed by atoms with Gasteiger partial charge in [0.1, 0.15) is 0 Å². The van der Waals surface area contributed by atoms with Gasteiger partial charge in [0.15, 0.2) is 5.84 Å². The number of oxime groups is 1. The first kappa shape index (κ1) is 15.3. The summed E-state index contributed by atoms with van der Waals surface area (Å²) in [5.41, 5.74) is 6.41. The summed E-state index contributed by atoms with van der Waals surface area (Å²) in [6, 6.07) is 8.45. The van der Waals surface area contributed by atoms with Gasteiger partial charge in [-0.1, -0.05) is 23.7 Å². The normalized spacial score (nSPS) is 11.4. The van der Waals surface area contributed by atoms with Crippen molar-refractivity contribution in [1.82, 2.24) is 0 Å². The molecule has 0 unspecified atom stereocenters. The van der Waals surface area contributed by atoms with E-state index in [1.807, 2.05) is 13.0 Å². The van der Waals surface area contributed by atoms with Crippen LogP contribution in [0.4, 0.5) is 5.69 Å². The second-order valence-electron chi connectivity index (χ2n) is 4.25. The Morgan fingerprint density at radius 1 is 1.43 bits per heavy atom. The molecule has 1 amide bonds. The number of hydrogen-bond acceptors (Lipinski definition) is 4. The van der Waals surface area contributed by atoms with E-state index in [0.29, 0.717) is 21.2 Å². The van der Waals surface area contributed by atoms with E-state index in [4.69, 9.17) is 22.5 Å².